The third-order valence-electron chi connectivity index (χ3n) is 6.20. The van der Waals surface area contributed by atoms with E-state index >= 15 is 0 Å². The second-order valence-electron chi connectivity index (χ2n) is 8.25. The minimum absolute atomic E-state index is 0.0398. The summed E-state index contributed by atoms with van der Waals surface area (Å²) in [6.45, 7) is 2.93. The van der Waals surface area contributed by atoms with Crippen LogP contribution in [0.3, 0.4) is 0 Å². The van der Waals surface area contributed by atoms with Gasteiger partial charge in [0.15, 0.2) is 5.78 Å². The van der Waals surface area contributed by atoms with Crippen molar-refractivity contribution in [3.05, 3.63) is 58.1 Å². The van der Waals surface area contributed by atoms with Crippen LogP contribution in [0.4, 0.5) is 0 Å². The lowest BCUT2D eigenvalue weighted by Gasteiger charge is -2.43. The van der Waals surface area contributed by atoms with Crippen molar-refractivity contribution >= 4 is 29.4 Å². The summed E-state index contributed by atoms with van der Waals surface area (Å²) in [5, 5.41) is 0.566. The zero-order chi connectivity index (χ0) is 22.9. The molecule has 168 valence electrons. The number of ketones is 1. The Morgan fingerprint density at radius 1 is 1.16 bits per heavy atom. The molecule has 2 heterocycles. The number of rotatable bonds is 4. The summed E-state index contributed by atoms with van der Waals surface area (Å²) in [6.07, 6.45) is 4.78. The Kier molecular flexibility index (Phi) is 6.15. The van der Waals surface area contributed by atoms with Crippen LogP contribution < -0.4 is 14.2 Å². The van der Waals surface area contributed by atoms with E-state index < -0.39 is 5.60 Å². The van der Waals surface area contributed by atoms with E-state index in [0.717, 1.165) is 11.1 Å². The number of halogens is 1. The molecule has 0 radical (unpaired) electrons. The molecule has 0 aliphatic carbocycles. The standard InChI is InChI=1S/C25H26ClNO5/c1-16-12-23-19(14-20(16)26)21(28)15-25(32-23)8-10-27(11-9-25)24(29)7-4-17-13-18(30-2)5-6-22(17)31-3/h4-7,12-14H,8-11,15H2,1-3H3/b7-4+. The van der Waals surface area contributed by atoms with Crippen molar-refractivity contribution in [3.8, 4) is 17.2 Å². The summed E-state index contributed by atoms with van der Waals surface area (Å²) >= 11 is 6.18. The molecule has 4 rings (SSSR count). The quantitative estimate of drug-likeness (QED) is 0.625. The molecule has 2 aromatic carbocycles. The average molecular weight is 456 g/mol. The molecule has 0 N–H and O–H groups in total. The number of benzene rings is 2. The molecule has 0 atom stereocenters. The van der Waals surface area contributed by atoms with E-state index in [2.05, 4.69) is 0 Å². The van der Waals surface area contributed by atoms with Crippen LogP contribution in [0.2, 0.25) is 5.02 Å². The maximum Gasteiger partial charge on any atom is 0.246 e. The van der Waals surface area contributed by atoms with Gasteiger partial charge in [-0.05, 0) is 48.9 Å². The van der Waals surface area contributed by atoms with Gasteiger partial charge in [0.1, 0.15) is 22.8 Å². The SMILES string of the molecule is COc1ccc(OC)c(/C=C/C(=O)N2CCC3(CC2)CC(=O)c2cc(Cl)c(C)cc2O3)c1. The highest BCUT2D eigenvalue weighted by Crippen LogP contribution is 2.41. The number of carbonyl (C=O) groups is 2. The highest BCUT2D eigenvalue weighted by atomic mass is 35.5. The van der Waals surface area contributed by atoms with Crippen molar-refractivity contribution < 1.29 is 23.8 Å². The second-order valence-corrected chi connectivity index (χ2v) is 8.66. The minimum Gasteiger partial charge on any atom is -0.497 e. The molecule has 2 aromatic rings. The van der Waals surface area contributed by atoms with E-state index in [1.54, 1.807) is 49.5 Å². The molecule has 1 saturated heterocycles. The van der Waals surface area contributed by atoms with Crippen LogP contribution in [-0.2, 0) is 4.79 Å². The molecule has 7 heteroatoms. The molecule has 1 fully saturated rings. The van der Waals surface area contributed by atoms with Gasteiger partial charge in [0, 0.05) is 42.6 Å². The van der Waals surface area contributed by atoms with E-state index in [9.17, 15) is 9.59 Å². The fourth-order valence-electron chi connectivity index (χ4n) is 4.26. The highest BCUT2D eigenvalue weighted by Gasteiger charge is 2.43. The van der Waals surface area contributed by atoms with Crippen molar-refractivity contribution in [1.29, 1.82) is 0 Å². The van der Waals surface area contributed by atoms with Gasteiger partial charge < -0.3 is 19.1 Å². The molecule has 1 spiro atoms. The highest BCUT2D eigenvalue weighted by molar-refractivity contribution is 6.31. The lowest BCUT2D eigenvalue weighted by molar-refractivity contribution is -0.129. The average Bonchev–Trinajstić information content (AvgIpc) is 2.79. The number of likely N-dealkylation sites (tertiary alicyclic amines) is 1. The Balaban J connectivity index is 1.44. The summed E-state index contributed by atoms with van der Waals surface area (Å²) in [5.74, 6) is 1.89. The zero-order valence-electron chi connectivity index (χ0n) is 18.4. The Bertz CT molecular complexity index is 1090. The van der Waals surface area contributed by atoms with Crippen LogP contribution in [0.15, 0.2) is 36.4 Å². The van der Waals surface area contributed by atoms with Crippen LogP contribution in [0.25, 0.3) is 6.08 Å². The molecule has 0 bridgehead atoms. The maximum atomic E-state index is 12.8. The number of hydrogen-bond donors (Lipinski definition) is 0. The van der Waals surface area contributed by atoms with Gasteiger partial charge in [0.2, 0.25) is 5.91 Å². The summed E-state index contributed by atoms with van der Waals surface area (Å²) in [6, 6.07) is 8.95. The van der Waals surface area contributed by atoms with Gasteiger partial charge in [-0.3, -0.25) is 9.59 Å². The van der Waals surface area contributed by atoms with E-state index in [1.165, 1.54) is 0 Å². The Labute approximate surface area is 192 Å². The summed E-state index contributed by atoms with van der Waals surface area (Å²) in [7, 11) is 3.18. The van der Waals surface area contributed by atoms with Crippen LogP contribution in [0, 0.1) is 6.92 Å². The smallest absolute Gasteiger partial charge is 0.246 e. The van der Waals surface area contributed by atoms with Crippen molar-refractivity contribution in [2.24, 2.45) is 0 Å². The number of methoxy groups -OCH3 is 2. The van der Waals surface area contributed by atoms with Gasteiger partial charge in [0.25, 0.3) is 0 Å². The first-order valence-electron chi connectivity index (χ1n) is 10.6. The number of nitrogens with zero attached hydrogens (tertiary/aromatic N) is 1. The molecule has 32 heavy (non-hydrogen) atoms. The van der Waals surface area contributed by atoms with Gasteiger partial charge in [-0.2, -0.15) is 0 Å². The van der Waals surface area contributed by atoms with E-state index in [-0.39, 0.29) is 11.7 Å². The van der Waals surface area contributed by atoms with Crippen molar-refractivity contribution in [1.82, 2.24) is 4.90 Å². The third-order valence-corrected chi connectivity index (χ3v) is 6.61. The van der Waals surface area contributed by atoms with Crippen molar-refractivity contribution in [2.75, 3.05) is 27.3 Å². The Hall–Kier alpha value is -2.99. The Morgan fingerprint density at radius 2 is 1.91 bits per heavy atom. The predicted octanol–water partition coefficient (Wildman–Crippen LogP) is 4.71. The predicted molar refractivity (Wildman–Crippen MR) is 123 cm³/mol. The molecule has 0 aromatic heterocycles. The molecule has 2 aliphatic heterocycles. The summed E-state index contributed by atoms with van der Waals surface area (Å²) in [4.78, 5) is 27.3. The van der Waals surface area contributed by atoms with E-state index in [4.69, 9.17) is 25.8 Å². The molecule has 6 nitrogen and oxygen atoms in total. The molecule has 1 amide bonds. The number of aryl methyl sites for hydroxylation is 1. The van der Waals surface area contributed by atoms with Crippen LogP contribution in [0.5, 0.6) is 17.2 Å². The molecular formula is C25H26ClNO5. The van der Waals surface area contributed by atoms with Gasteiger partial charge in [0.05, 0.1) is 26.2 Å². The number of amides is 1. The third kappa shape index (κ3) is 4.32. The number of ether oxygens (including phenoxy) is 3. The Morgan fingerprint density at radius 3 is 2.59 bits per heavy atom. The van der Waals surface area contributed by atoms with Crippen LogP contribution in [-0.4, -0.2) is 49.5 Å². The normalized spacial score (nSPS) is 17.2. The lowest BCUT2D eigenvalue weighted by atomic mass is 9.82. The first-order chi connectivity index (χ1) is 15.3. The minimum atomic E-state index is -0.569. The molecular weight excluding hydrogens is 430 g/mol. The van der Waals surface area contributed by atoms with Crippen LogP contribution in [0.1, 0.15) is 40.7 Å². The zero-order valence-corrected chi connectivity index (χ0v) is 19.2. The van der Waals surface area contributed by atoms with E-state index in [1.807, 2.05) is 19.1 Å². The number of fused-ring (bicyclic) bond motifs is 1. The van der Waals surface area contributed by atoms with Gasteiger partial charge in [-0.15, -0.1) is 0 Å². The monoisotopic (exact) mass is 455 g/mol. The maximum absolute atomic E-state index is 12.8. The molecule has 0 unspecified atom stereocenters. The molecule has 2 aliphatic rings. The van der Waals surface area contributed by atoms with Crippen molar-refractivity contribution in [3.63, 3.8) is 0 Å². The first-order valence-corrected chi connectivity index (χ1v) is 10.9. The number of hydrogen-bond acceptors (Lipinski definition) is 5. The van der Waals surface area contributed by atoms with Gasteiger partial charge in [-0.25, -0.2) is 0 Å². The first kappa shape index (κ1) is 22.2. The summed E-state index contributed by atoms with van der Waals surface area (Å²) in [5.41, 5.74) is 1.61. The van der Waals surface area contributed by atoms with Crippen LogP contribution >= 0.6 is 11.6 Å². The molecule has 0 saturated carbocycles. The fraction of sp³-hybridized carbons (Fsp3) is 0.360. The lowest BCUT2D eigenvalue weighted by Crippen LogP contribution is -2.52. The number of Topliss-reactive ketones (excluding diaryl/α,β-unsaturated/α-hetero) is 1. The van der Waals surface area contributed by atoms with Gasteiger partial charge >= 0.3 is 0 Å². The summed E-state index contributed by atoms with van der Waals surface area (Å²) < 4.78 is 16.9. The topological polar surface area (TPSA) is 65.1 Å². The second kappa shape index (κ2) is 8.87. The largest absolute Gasteiger partial charge is 0.497 e. The fourth-order valence-corrected chi connectivity index (χ4v) is 4.43. The van der Waals surface area contributed by atoms with Gasteiger partial charge in [-0.1, -0.05) is 11.6 Å². The van der Waals surface area contributed by atoms with E-state index in [0.29, 0.717) is 60.2 Å². The van der Waals surface area contributed by atoms with Crippen molar-refractivity contribution in [2.45, 2.75) is 31.8 Å². The number of carbonyl (C=O) groups excluding carboxylic acids is 2. The number of piperidine rings is 1.